The SMILES string of the molecule is C=CCN(C(=O)C(C#N)(CCC)CCC)C1CC1. The molecule has 1 amide bonds. The van der Waals surface area contributed by atoms with Gasteiger partial charge in [0.1, 0.15) is 5.41 Å². The van der Waals surface area contributed by atoms with E-state index in [1.54, 1.807) is 6.08 Å². The van der Waals surface area contributed by atoms with Crippen LogP contribution in [0, 0.1) is 16.7 Å². The van der Waals surface area contributed by atoms with Crippen LogP contribution in [0.3, 0.4) is 0 Å². The van der Waals surface area contributed by atoms with Crippen molar-refractivity contribution in [3.63, 3.8) is 0 Å². The molecule has 0 aromatic carbocycles. The molecule has 0 aromatic rings. The van der Waals surface area contributed by atoms with Crippen molar-refractivity contribution in [1.29, 1.82) is 5.26 Å². The third-order valence-corrected chi connectivity index (χ3v) is 3.55. The number of hydrogen-bond acceptors (Lipinski definition) is 2. The Morgan fingerprint density at radius 1 is 1.44 bits per heavy atom. The highest BCUT2D eigenvalue weighted by molar-refractivity contribution is 5.86. The summed E-state index contributed by atoms with van der Waals surface area (Å²) in [6, 6.07) is 2.66. The number of nitrogens with zero attached hydrogens (tertiary/aromatic N) is 2. The molecule has 1 aliphatic carbocycles. The predicted octanol–water partition coefficient (Wildman–Crippen LogP) is 3.27. The van der Waals surface area contributed by atoms with Gasteiger partial charge in [-0.2, -0.15) is 5.26 Å². The van der Waals surface area contributed by atoms with E-state index in [9.17, 15) is 10.1 Å². The van der Waals surface area contributed by atoms with Crippen molar-refractivity contribution >= 4 is 5.91 Å². The Bertz CT molecular complexity index is 333. The van der Waals surface area contributed by atoms with Crippen LogP contribution in [0.4, 0.5) is 0 Å². The van der Waals surface area contributed by atoms with E-state index in [1.807, 2.05) is 18.7 Å². The second-order valence-electron chi connectivity index (χ2n) is 5.17. The van der Waals surface area contributed by atoms with Crippen molar-refractivity contribution in [3.8, 4) is 6.07 Å². The molecule has 0 unspecified atom stereocenters. The van der Waals surface area contributed by atoms with E-state index in [-0.39, 0.29) is 5.91 Å². The summed E-state index contributed by atoms with van der Waals surface area (Å²) >= 11 is 0. The van der Waals surface area contributed by atoms with Crippen LogP contribution in [0.5, 0.6) is 0 Å². The number of hydrogen-bond donors (Lipinski definition) is 0. The maximum absolute atomic E-state index is 12.7. The standard InChI is InChI=1S/C15H24N2O/c1-4-9-15(12-16,10-5-2)14(18)17(11-6-3)13-7-8-13/h6,13H,3-5,7-11H2,1-2H3. The molecule has 1 fully saturated rings. The van der Waals surface area contributed by atoms with E-state index in [2.05, 4.69) is 12.6 Å². The summed E-state index contributed by atoms with van der Waals surface area (Å²) in [6.45, 7) is 8.35. The van der Waals surface area contributed by atoms with Crippen molar-refractivity contribution in [2.75, 3.05) is 6.54 Å². The third-order valence-electron chi connectivity index (χ3n) is 3.55. The summed E-state index contributed by atoms with van der Waals surface area (Å²) in [7, 11) is 0. The van der Waals surface area contributed by atoms with Gasteiger partial charge in [0.25, 0.3) is 0 Å². The number of carbonyl (C=O) groups excluding carboxylic acids is 1. The summed E-state index contributed by atoms with van der Waals surface area (Å²) in [6.07, 6.45) is 6.96. The quantitative estimate of drug-likeness (QED) is 0.619. The van der Waals surface area contributed by atoms with Gasteiger partial charge in [0, 0.05) is 12.6 Å². The number of rotatable bonds is 8. The van der Waals surface area contributed by atoms with Crippen LogP contribution in [0.15, 0.2) is 12.7 Å². The Hall–Kier alpha value is -1.30. The molecule has 0 saturated heterocycles. The fourth-order valence-corrected chi connectivity index (χ4v) is 2.55. The average Bonchev–Trinajstić information content (AvgIpc) is 3.19. The van der Waals surface area contributed by atoms with Crippen molar-refractivity contribution in [2.45, 2.75) is 58.4 Å². The molecule has 0 atom stereocenters. The second kappa shape index (κ2) is 6.58. The minimum Gasteiger partial charge on any atom is -0.335 e. The summed E-state index contributed by atoms with van der Waals surface area (Å²) < 4.78 is 0. The average molecular weight is 248 g/mol. The predicted molar refractivity (Wildman–Crippen MR) is 72.8 cm³/mol. The van der Waals surface area contributed by atoms with Crippen LogP contribution in [-0.2, 0) is 4.79 Å². The van der Waals surface area contributed by atoms with Gasteiger partial charge in [-0.15, -0.1) is 6.58 Å². The topological polar surface area (TPSA) is 44.1 Å². The van der Waals surface area contributed by atoms with Crippen molar-refractivity contribution in [2.24, 2.45) is 5.41 Å². The lowest BCUT2D eigenvalue weighted by Crippen LogP contribution is -2.44. The third kappa shape index (κ3) is 3.13. The Morgan fingerprint density at radius 3 is 2.33 bits per heavy atom. The molecule has 3 nitrogen and oxygen atoms in total. The monoisotopic (exact) mass is 248 g/mol. The number of nitriles is 1. The molecule has 0 radical (unpaired) electrons. The lowest BCUT2D eigenvalue weighted by atomic mass is 9.79. The molecule has 1 saturated carbocycles. The molecule has 0 N–H and O–H groups in total. The highest BCUT2D eigenvalue weighted by Gasteiger charge is 2.44. The van der Waals surface area contributed by atoms with Gasteiger partial charge in [0.05, 0.1) is 6.07 Å². The van der Waals surface area contributed by atoms with Crippen molar-refractivity contribution in [3.05, 3.63) is 12.7 Å². The van der Waals surface area contributed by atoms with E-state index in [1.165, 1.54) is 0 Å². The minimum atomic E-state index is -0.810. The minimum absolute atomic E-state index is 0.0242. The van der Waals surface area contributed by atoms with Gasteiger partial charge in [-0.1, -0.05) is 32.8 Å². The van der Waals surface area contributed by atoms with Gasteiger partial charge >= 0.3 is 0 Å². The van der Waals surface area contributed by atoms with Gasteiger partial charge in [-0.05, 0) is 25.7 Å². The summed E-state index contributed by atoms with van der Waals surface area (Å²) in [4.78, 5) is 14.6. The first-order valence-electron chi connectivity index (χ1n) is 6.98. The van der Waals surface area contributed by atoms with Gasteiger partial charge < -0.3 is 4.90 Å². The molecule has 1 rings (SSSR count). The second-order valence-corrected chi connectivity index (χ2v) is 5.17. The number of carbonyl (C=O) groups is 1. The first-order valence-corrected chi connectivity index (χ1v) is 6.98. The van der Waals surface area contributed by atoms with E-state index in [0.717, 1.165) is 25.7 Å². The molecule has 0 heterocycles. The zero-order valence-electron chi connectivity index (χ0n) is 11.6. The Morgan fingerprint density at radius 2 is 2.00 bits per heavy atom. The van der Waals surface area contributed by atoms with E-state index < -0.39 is 5.41 Å². The molecule has 3 heteroatoms. The maximum Gasteiger partial charge on any atom is 0.243 e. The molecular weight excluding hydrogens is 224 g/mol. The summed E-state index contributed by atoms with van der Waals surface area (Å²) in [5, 5.41) is 9.51. The molecule has 18 heavy (non-hydrogen) atoms. The van der Waals surface area contributed by atoms with E-state index >= 15 is 0 Å². The smallest absolute Gasteiger partial charge is 0.243 e. The fraction of sp³-hybridized carbons (Fsp3) is 0.733. The zero-order valence-corrected chi connectivity index (χ0v) is 11.6. The first-order chi connectivity index (χ1) is 8.65. The fourth-order valence-electron chi connectivity index (χ4n) is 2.55. The summed E-state index contributed by atoms with van der Waals surface area (Å²) in [5.74, 6) is 0.0242. The molecule has 0 aliphatic heterocycles. The lowest BCUT2D eigenvalue weighted by molar-refractivity contribution is -0.140. The molecule has 1 aliphatic rings. The molecule has 100 valence electrons. The zero-order chi connectivity index (χ0) is 13.6. The lowest BCUT2D eigenvalue weighted by Gasteiger charge is -2.32. The van der Waals surface area contributed by atoms with Crippen molar-refractivity contribution in [1.82, 2.24) is 4.90 Å². The molecule has 0 spiro atoms. The van der Waals surface area contributed by atoms with Gasteiger partial charge in [0.2, 0.25) is 5.91 Å². The van der Waals surface area contributed by atoms with Gasteiger partial charge in [-0.25, -0.2) is 0 Å². The molecular formula is C15H24N2O. The van der Waals surface area contributed by atoms with Crippen LogP contribution in [0.2, 0.25) is 0 Å². The van der Waals surface area contributed by atoms with Gasteiger partial charge in [0.15, 0.2) is 0 Å². The Kier molecular flexibility index (Phi) is 5.40. The van der Waals surface area contributed by atoms with E-state index in [4.69, 9.17) is 0 Å². The number of amides is 1. The Balaban J connectivity index is 2.91. The normalized spacial score (nSPS) is 14.9. The van der Waals surface area contributed by atoms with Gasteiger partial charge in [-0.3, -0.25) is 4.79 Å². The van der Waals surface area contributed by atoms with Crippen LogP contribution in [0.1, 0.15) is 52.4 Å². The molecule has 0 aromatic heterocycles. The van der Waals surface area contributed by atoms with Crippen LogP contribution < -0.4 is 0 Å². The summed E-state index contributed by atoms with van der Waals surface area (Å²) in [5.41, 5.74) is -0.810. The van der Waals surface area contributed by atoms with Crippen LogP contribution in [0.25, 0.3) is 0 Å². The Labute approximate surface area is 110 Å². The van der Waals surface area contributed by atoms with Crippen molar-refractivity contribution < 1.29 is 4.79 Å². The largest absolute Gasteiger partial charge is 0.335 e. The maximum atomic E-state index is 12.7. The van der Waals surface area contributed by atoms with E-state index in [0.29, 0.717) is 25.4 Å². The first kappa shape index (κ1) is 14.8. The highest BCUT2D eigenvalue weighted by Crippen LogP contribution is 2.36. The van der Waals surface area contributed by atoms with Crippen LogP contribution in [-0.4, -0.2) is 23.4 Å². The van der Waals surface area contributed by atoms with Crippen LogP contribution >= 0.6 is 0 Å². The highest BCUT2D eigenvalue weighted by atomic mass is 16.2. The molecule has 0 bridgehead atoms.